The molecule has 0 amide bonds. The zero-order chi connectivity index (χ0) is 13.4. The molecule has 1 unspecified atom stereocenters. The number of carboxylic acid groups (broad SMARTS) is 1. The van der Waals surface area contributed by atoms with Gasteiger partial charge >= 0.3 is 5.97 Å². The van der Waals surface area contributed by atoms with Crippen molar-refractivity contribution in [1.82, 2.24) is 5.32 Å². The summed E-state index contributed by atoms with van der Waals surface area (Å²) in [7, 11) is 0. The third-order valence-electron chi connectivity index (χ3n) is 2.98. The predicted molar refractivity (Wildman–Crippen MR) is 53.1 cm³/mol. The molecule has 2 atom stereocenters. The molecular weight excluding hydrogens is 254 g/mol. The van der Waals surface area contributed by atoms with Crippen LogP contribution in [-0.2, 0) is 4.79 Å². The summed E-state index contributed by atoms with van der Waals surface area (Å²) in [5.74, 6) is -7.98. The molecule has 0 aromatic heterocycles. The lowest BCUT2D eigenvalue weighted by molar-refractivity contribution is -0.139. The first-order valence-electron chi connectivity index (χ1n) is 5.21. The van der Waals surface area contributed by atoms with Crippen molar-refractivity contribution in [1.29, 1.82) is 0 Å². The molecule has 2 rings (SSSR count). The minimum absolute atomic E-state index is 0.0479. The van der Waals surface area contributed by atoms with Crippen molar-refractivity contribution in [3.05, 3.63) is 34.9 Å². The number of aliphatic carboxylic acids is 1. The average molecular weight is 263 g/mol. The Morgan fingerprint density at radius 1 is 1.22 bits per heavy atom. The average Bonchev–Trinajstić information content (AvgIpc) is 2.76. The van der Waals surface area contributed by atoms with Crippen LogP contribution in [0.1, 0.15) is 17.9 Å². The van der Waals surface area contributed by atoms with E-state index in [-0.39, 0.29) is 19.0 Å². The van der Waals surface area contributed by atoms with Gasteiger partial charge in [0.15, 0.2) is 23.3 Å². The molecule has 2 N–H and O–H groups in total. The van der Waals surface area contributed by atoms with E-state index in [0.717, 1.165) is 0 Å². The molecular formula is C11H9F4NO2. The summed E-state index contributed by atoms with van der Waals surface area (Å²) in [4.78, 5) is 10.7. The van der Waals surface area contributed by atoms with E-state index in [0.29, 0.717) is 0 Å². The summed E-state index contributed by atoms with van der Waals surface area (Å²) in [6.45, 7) is -0.0479. The third kappa shape index (κ3) is 2.05. The van der Waals surface area contributed by atoms with Gasteiger partial charge in [-0.05, 0) is 6.42 Å². The van der Waals surface area contributed by atoms with Crippen molar-refractivity contribution in [3.63, 3.8) is 0 Å². The maximum Gasteiger partial charge on any atom is 0.320 e. The Morgan fingerprint density at radius 2 is 1.78 bits per heavy atom. The molecule has 3 nitrogen and oxygen atoms in total. The highest BCUT2D eigenvalue weighted by atomic mass is 19.2. The Balaban J connectivity index is 2.38. The number of carbonyl (C=O) groups is 1. The molecule has 18 heavy (non-hydrogen) atoms. The molecule has 98 valence electrons. The summed E-state index contributed by atoms with van der Waals surface area (Å²) in [5.41, 5.74) is -0.733. The molecule has 1 aliphatic heterocycles. The van der Waals surface area contributed by atoms with Crippen LogP contribution in [0.25, 0.3) is 0 Å². The van der Waals surface area contributed by atoms with E-state index >= 15 is 0 Å². The minimum atomic E-state index is -1.48. The first-order chi connectivity index (χ1) is 8.41. The predicted octanol–water partition coefficient (Wildman–Crippen LogP) is 1.77. The lowest BCUT2D eigenvalue weighted by Crippen LogP contribution is -2.29. The minimum Gasteiger partial charge on any atom is -0.480 e. The second kappa shape index (κ2) is 4.56. The Hall–Kier alpha value is -1.63. The summed E-state index contributed by atoms with van der Waals surface area (Å²) in [5, 5.41) is 11.2. The first kappa shape index (κ1) is 12.8. The van der Waals surface area contributed by atoms with Gasteiger partial charge in [0.1, 0.15) is 6.04 Å². The van der Waals surface area contributed by atoms with Gasteiger partial charge in [-0.15, -0.1) is 0 Å². The van der Waals surface area contributed by atoms with Gasteiger partial charge in [-0.25, -0.2) is 17.6 Å². The van der Waals surface area contributed by atoms with E-state index in [1.165, 1.54) is 0 Å². The van der Waals surface area contributed by atoms with Gasteiger partial charge in [-0.3, -0.25) is 4.79 Å². The fourth-order valence-corrected chi connectivity index (χ4v) is 2.09. The molecule has 0 radical (unpaired) electrons. The van der Waals surface area contributed by atoms with E-state index in [1.807, 2.05) is 0 Å². The smallest absolute Gasteiger partial charge is 0.320 e. The highest BCUT2D eigenvalue weighted by Gasteiger charge is 2.35. The van der Waals surface area contributed by atoms with Crippen LogP contribution in [0.2, 0.25) is 0 Å². The second-order valence-corrected chi connectivity index (χ2v) is 4.11. The van der Waals surface area contributed by atoms with Crippen molar-refractivity contribution in [2.24, 2.45) is 0 Å². The van der Waals surface area contributed by atoms with Crippen LogP contribution >= 0.6 is 0 Å². The van der Waals surface area contributed by atoms with Gasteiger partial charge in [-0.2, -0.15) is 0 Å². The number of rotatable bonds is 2. The quantitative estimate of drug-likeness (QED) is 0.631. The highest BCUT2D eigenvalue weighted by molar-refractivity contribution is 5.74. The molecule has 0 spiro atoms. The SMILES string of the molecule is O=C(O)C1C[C@H](c2c(F)c(F)cc(F)c2F)CN1. The number of carboxylic acids is 1. The van der Waals surface area contributed by atoms with Crippen LogP contribution in [0.3, 0.4) is 0 Å². The topological polar surface area (TPSA) is 49.3 Å². The van der Waals surface area contributed by atoms with E-state index in [1.54, 1.807) is 0 Å². The van der Waals surface area contributed by atoms with Gasteiger partial charge in [-0.1, -0.05) is 0 Å². The molecule has 1 aromatic carbocycles. The molecule has 1 saturated heterocycles. The zero-order valence-corrected chi connectivity index (χ0v) is 9.01. The normalized spacial score (nSPS) is 23.3. The monoisotopic (exact) mass is 263 g/mol. The Bertz CT molecular complexity index is 480. The van der Waals surface area contributed by atoms with Crippen molar-refractivity contribution < 1.29 is 27.5 Å². The number of nitrogens with one attached hydrogen (secondary N) is 1. The van der Waals surface area contributed by atoms with Gasteiger partial charge in [0.05, 0.1) is 0 Å². The van der Waals surface area contributed by atoms with Crippen molar-refractivity contribution in [2.45, 2.75) is 18.4 Å². The van der Waals surface area contributed by atoms with Crippen molar-refractivity contribution >= 4 is 5.97 Å². The fourth-order valence-electron chi connectivity index (χ4n) is 2.09. The van der Waals surface area contributed by atoms with E-state index in [2.05, 4.69) is 5.32 Å². The number of halogens is 4. The summed E-state index contributed by atoms with van der Waals surface area (Å²) >= 11 is 0. The van der Waals surface area contributed by atoms with E-state index < -0.39 is 46.8 Å². The molecule has 0 bridgehead atoms. The van der Waals surface area contributed by atoms with Crippen molar-refractivity contribution in [3.8, 4) is 0 Å². The van der Waals surface area contributed by atoms with Gasteiger partial charge in [0, 0.05) is 24.1 Å². The summed E-state index contributed by atoms with van der Waals surface area (Å²) < 4.78 is 53.0. The molecule has 1 aliphatic rings. The van der Waals surface area contributed by atoms with Crippen LogP contribution < -0.4 is 5.32 Å². The van der Waals surface area contributed by atoms with Gasteiger partial charge < -0.3 is 10.4 Å². The number of benzene rings is 1. The molecule has 0 aliphatic carbocycles. The lowest BCUT2D eigenvalue weighted by atomic mass is 9.95. The largest absolute Gasteiger partial charge is 0.480 e. The maximum absolute atomic E-state index is 13.5. The van der Waals surface area contributed by atoms with E-state index in [9.17, 15) is 22.4 Å². The van der Waals surface area contributed by atoms with Crippen LogP contribution in [-0.4, -0.2) is 23.7 Å². The number of hydrogen-bond donors (Lipinski definition) is 2. The maximum atomic E-state index is 13.5. The second-order valence-electron chi connectivity index (χ2n) is 4.11. The van der Waals surface area contributed by atoms with Crippen LogP contribution in [0.15, 0.2) is 6.07 Å². The van der Waals surface area contributed by atoms with Crippen LogP contribution in [0, 0.1) is 23.3 Å². The van der Waals surface area contributed by atoms with Gasteiger partial charge in [0.25, 0.3) is 0 Å². The molecule has 0 saturated carbocycles. The summed E-state index contributed by atoms with van der Waals surface area (Å²) in [6.07, 6.45) is -0.119. The molecule has 7 heteroatoms. The van der Waals surface area contributed by atoms with Gasteiger partial charge in [0.2, 0.25) is 0 Å². The molecule has 1 aromatic rings. The Kier molecular flexibility index (Phi) is 3.25. The number of hydrogen-bond acceptors (Lipinski definition) is 2. The Morgan fingerprint density at radius 3 is 2.22 bits per heavy atom. The Labute approximate surface area is 99.4 Å². The zero-order valence-electron chi connectivity index (χ0n) is 9.01. The van der Waals surface area contributed by atoms with Crippen LogP contribution in [0.5, 0.6) is 0 Å². The molecule has 1 fully saturated rings. The summed E-state index contributed by atoms with van der Waals surface area (Å²) in [6, 6.07) is -0.842. The fraction of sp³-hybridized carbons (Fsp3) is 0.364. The van der Waals surface area contributed by atoms with Crippen LogP contribution in [0.4, 0.5) is 17.6 Å². The first-order valence-corrected chi connectivity index (χ1v) is 5.21. The standard InChI is InChI=1S/C11H9F4NO2/c12-5-2-6(13)10(15)8(9(5)14)4-1-7(11(17)18)16-3-4/h2,4,7,16H,1,3H2,(H,17,18)/t4-,7?/m0/s1. The molecule has 1 heterocycles. The van der Waals surface area contributed by atoms with Crippen molar-refractivity contribution in [2.75, 3.05) is 6.54 Å². The third-order valence-corrected chi connectivity index (χ3v) is 2.98. The van der Waals surface area contributed by atoms with E-state index in [4.69, 9.17) is 5.11 Å². The highest BCUT2D eigenvalue weighted by Crippen LogP contribution is 2.32. The lowest BCUT2D eigenvalue weighted by Gasteiger charge is -2.12.